The zero-order valence-electron chi connectivity index (χ0n) is 7.23. The highest BCUT2D eigenvalue weighted by atomic mass is 16.6. The number of hydrogen-bond acceptors (Lipinski definition) is 5. The van der Waals surface area contributed by atoms with Crippen molar-refractivity contribution in [2.24, 2.45) is 5.73 Å². The van der Waals surface area contributed by atoms with E-state index >= 15 is 0 Å². The molecule has 1 rings (SSSR count). The average molecular weight is 187 g/mol. The summed E-state index contributed by atoms with van der Waals surface area (Å²) in [6.07, 6.45) is 2.17. The van der Waals surface area contributed by atoms with Gasteiger partial charge in [-0.1, -0.05) is 0 Å². The highest BCUT2D eigenvalue weighted by Crippen LogP contribution is 1.92. The molecule has 0 saturated carbocycles. The van der Waals surface area contributed by atoms with Crippen LogP contribution in [0.4, 0.5) is 0 Å². The minimum Gasteiger partial charge on any atom is -0.395 e. The van der Waals surface area contributed by atoms with Gasteiger partial charge in [-0.05, 0) is 0 Å². The van der Waals surface area contributed by atoms with Crippen LogP contribution in [0.3, 0.4) is 0 Å². The monoisotopic (exact) mass is 187 g/mol. The number of hydrogen-bond donors (Lipinski definition) is 2. The lowest BCUT2D eigenvalue weighted by molar-refractivity contribution is -0.150. The van der Waals surface area contributed by atoms with Crippen molar-refractivity contribution in [1.29, 1.82) is 0 Å². The Morgan fingerprint density at radius 2 is 1.62 bits per heavy atom. The number of rotatable bonds is 1. The quantitative estimate of drug-likeness (QED) is 0.324. The van der Waals surface area contributed by atoms with Gasteiger partial charge >= 0.3 is 11.9 Å². The van der Waals surface area contributed by atoms with Crippen LogP contribution in [0.15, 0.2) is 25.3 Å². The molecule has 0 amide bonds. The lowest BCUT2D eigenvalue weighted by atomic mass is 10.6. The molecule has 74 valence electrons. The van der Waals surface area contributed by atoms with Gasteiger partial charge in [0.2, 0.25) is 0 Å². The molecule has 0 aliphatic carbocycles. The molecule has 0 aromatic rings. The third-order valence-electron chi connectivity index (χ3n) is 0.686. The normalized spacial score (nSPS) is 12.2. The Morgan fingerprint density at radius 3 is 1.69 bits per heavy atom. The zero-order valence-corrected chi connectivity index (χ0v) is 7.23. The Hall–Kier alpha value is -1.46. The van der Waals surface area contributed by atoms with E-state index < -0.39 is 11.9 Å². The first-order valence-corrected chi connectivity index (χ1v) is 3.45. The van der Waals surface area contributed by atoms with E-state index in [0.29, 0.717) is 6.54 Å². The summed E-state index contributed by atoms with van der Waals surface area (Å²) in [5, 5.41) is 7.75. The van der Waals surface area contributed by atoms with Gasteiger partial charge in [0.05, 0.1) is 6.61 Å². The molecule has 1 heterocycles. The average Bonchev–Trinajstić information content (AvgIpc) is 2.54. The van der Waals surface area contributed by atoms with Gasteiger partial charge in [-0.2, -0.15) is 0 Å². The van der Waals surface area contributed by atoms with Crippen LogP contribution in [0.25, 0.3) is 0 Å². The second-order valence-electron chi connectivity index (χ2n) is 1.59. The topological polar surface area (TPSA) is 89.6 Å². The Morgan fingerprint density at radius 1 is 1.31 bits per heavy atom. The minimum absolute atomic E-state index is 0.0972. The van der Waals surface area contributed by atoms with Crippen molar-refractivity contribution < 1.29 is 19.4 Å². The number of esters is 2. The van der Waals surface area contributed by atoms with Crippen molar-refractivity contribution in [3.8, 4) is 0 Å². The fourth-order valence-electron chi connectivity index (χ4n) is 0.303. The standard InChI is InChI=1S/C4H2O3.C2H7NO.C2H4/c5-3-1-2-4(6)7-3;3-1-2-4;1-2/h1-2H;4H,1-3H2;1-2H2. The van der Waals surface area contributed by atoms with E-state index in [0.717, 1.165) is 12.2 Å². The fraction of sp³-hybridized carbons (Fsp3) is 0.250. The summed E-state index contributed by atoms with van der Waals surface area (Å²) >= 11 is 0. The molecule has 1 aliphatic heterocycles. The van der Waals surface area contributed by atoms with E-state index in [1.165, 1.54) is 0 Å². The van der Waals surface area contributed by atoms with Crippen LogP contribution in [0.5, 0.6) is 0 Å². The first-order valence-electron chi connectivity index (χ1n) is 3.45. The number of cyclic esters (lactones) is 2. The summed E-state index contributed by atoms with van der Waals surface area (Å²) < 4.78 is 3.97. The first-order chi connectivity index (χ1) is 6.20. The molecule has 0 radical (unpaired) electrons. The van der Waals surface area contributed by atoms with Gasteiger partial charge in [0.15, 0.2) is 0 Å². The smallest absolute Gasteiger partial charge is 0.338 e. The second kappa shape index (κ2) is 10.5. The van der Waals surface area contributed by atoms with Gasteiger partial charge in [0.1, 0.15) is 0 Å². The molecule has 13 heavy (non-hydrogen) atoms. The van der Waals surface area contributed by atoms with Gasteiger partial charge in [0, 0.05) is 18.7 Å². The highest BCUT2D eigenvalue weighted by Gasteiger charge is 2.10. The Bertz CT molecular complexity index is 171. The molecule has 5 heteroatoms. The summed E-state index contributed by atoms with van der Waals surface area (Å²) in [5.41, 5.74) is 4.78. The highest BCUT2D eigenvalue weighted by molar-refractivity contribution is 6.04. The summed E-state index contributed by atoms with van der Waals surface area (Å²) in [4.78, 5) is 19.8. The maximum Gasteiger partial charge on any atom is 0.338 e. The summed E-state index contributed by atoms with van der Waals surface area (Å²) in [7, 11) is 0. The van der Waals surface area contributed by atoms with Crippen molar-refractivity contribution in [3.63, 3.8) is 0 Å². The molecule has 0 aromatic heterocycles. The summed E-state index contributed by atoms with van der Waals surface area (Å²) in [6.45, 7) is 6.47. The third-order valence-corrected chi connectivity index (χ3v) is 0.686. The molecule has 5 nitrogen and oxygen atoms in total. The Balaban J connectivity index is 0. The van der Waals surface area contributed by atoms with Crippen LogP contribution in [0.2, 0.25) is 0 Å². The predicted octanol–water partition coefficient (Wildman–Crippen LogP) is -0.634. The van der Waals surface area contributed by atoms with Crippen molar-refractivity contribution in [2.45, 2.75) is 0 Å². The molecule has 0 bridgehead atoms. The van der Waals surface area contributed by atoms with Gasteiger partial charge in [-0.3, -0.25) is 0 Å². The van der Waals surface area contributed by atoms with Crippen molar-refractivity contribution >= 4 is 11.9 Å². The molecule has 0 saturated heterocycles. The summed E-state index contributed by atoms with van der Waals surface area (Å²) in [6, 6.07) is 0. The SMILES string of the molecule is C=C.NCCO.O=C1C=CC(=O)O1. The molecular formula is C8H13NO4. The van der Waals surface area contributed by atoms with Gasteiger partial charge in [0.25, 0.3) is 0 Å². The van der Waals surface area contributed by atoms with Crippen LogP contribution < -0.4 is 5.73 Å². The maximum absolute atomic E-state index is 9.92. The zero-order chi connectivity index (χ0) is 10.7. The lowest BCUT2D eigenvalue weighted by Gasteiger charge is -1.80. The van der Waals surface area contributed by atoms with Crippen molar-refractivity contribution in [3.05, 3.63) is 25.3 Å². The van der Waals surface area contributed by atoms with E-state index in [1.807, 2.05) is 0 Å². The number of nitrogens with two attached hydrogens (primary N) is 1. The summed E-state index contributed by atoms with van der Waals surface area (Å²) in [5.74, 6) is -1.16. The molecule has 0 fully saturated rings. The third kappa shape index (κ3) is 10.5. The number of ether oxygens (including phenoxy) is 1. The number of carbonyl (C=O) groups excluding carboxylic acids is 2. The molecule has 0 spiro atoms. The largest absolute Gasteiger partial charge is 0.395 e. The molecule has 0 atom stereocenters. The van der Waals surface area contributed by atoms with E-state index in [-0.39, 0.29) is 6.61 Å². The van der Waals surface area contributed by atoms with E-state index in [9.17, 15) is 9.59 Å². The molecule has 3 N–H and O–H groups in total. The minimum atomic E-state index is -0.579. The van der Waals surface area contributed by atoms with Crippen LogP contribution in [-0.2, 0) is 14.3 Å². The lowest BCUT2D eigenvalue weighted by Crippen LogP contribution is -2.02. The second-order valence-corrected chi connectivity index (χ2v) is 1.59. The number of aliphatic hydroxyl groups excluding tert-OH is 1. The van der Waals surface area contributed by atoms with Gasteiger partial charge in [-0.25, -0.2) is 9.59 Å². The molecule has 0 unspecified atom stereocenters. The van der Waals surface area contributed by atoms with Crippen molar-refractivity contribution in [1.82, 2.24) is 0 Å². The van der Waals surface area contributed by atoms with Crippen LogP contribution >= 0.6 is 0 Å². The molecule has 1 aliphatic rings. The predicted molar refractivity (Wildman–Crippen MR) is 47.6 cm³/mol. The van der Waals surface area contributed by atoms with E-state index in [1.54, 1.807) is 0 Å². The number of aliphatic hydroxyl groups is 1. The Kier molecular flexibility index (Phi) is 11.4. The maximum atomic E-state index is 9.92. The van der Waals surface area contributed by atoms with Crippen LogP contribution in [-0.4, -0.2) is 30.2 Å². The van der Waals surface area contributed by atoms with E-state index in [4.69, 9.17) is 10.8 Å². The van der Waals surface area contributed by atoms with Crippen molar-refractivity contribution in [2.75, 3.05) is 13.2 Å². The molecular weight excluding hydrogens is 174 g/mol. The van der Waals surface area contributed by atoms with Gasteiger partial charge in [-0.15, -0.1) is 13.2 Å². The van der Waals surface area contributed by atoms with Crippen LogP contribution in [0, 0.1) is 0 Å². The Labute approximate surface area is 76.5 Å². The first kappa shape index (κ1) is 14.1. The van der Waals surface area contributed by atoms with Gasteiger partial charge < -0.3 is 15.6 Å². The number of carbonyl (C=O) groups is 2. The molecule has 0 aromatic carbocycles. The van der Waals surface area contributed by atoms with E-state index in [2.05, 4.69) is 17.9 Å². The van der Waals surface area contributed by atoms with Crippen LogP contribution in [0.1, 0.15) is 0 Å². The fourth-order valence-corrected chi connectivity index (χ4v) is 0.303.